The Bertz CT molecular complexity index is 745. The van der Waals surface area contributed by atoms with Crippen LogP contribution in [-0.2, 0) is 26.1 Å². The quantitative estimate of drug-likeness (QED) is 0.740. The van der Waals surface area contributed by atoms with Gasteiger partial charge in [-0.25, -0.2) is 8.42 Å². The number of piperidine rings is 1. The van der Waals surface area contributed by atoms with Crippen LogP contribution in [0.25, 0.3) is 0 Å². The summed E-state index contributed by atoms with van der Waals surface area (Å²) in [6, 6.07) is 7.27. The summed E-state index contributed by atoms with van der Waals surface area (Å²) >= 11 is 0. The molecular formula is C20H31N3O4S. The van der Waals surface area contributed by atoms with Gasteiger partial charge in [-0.3, -0.25) is 9.69 Å². The number of carbonyl (C=O) groups excluding carboxylic acids is 1. The Morgan fingerprint density at radius 1 is 1.14 bits per heavy atom. The Morgan fingerprint density at radius 2 is 1.86 bits per heavy atom. The number of benzene rings is 1. The van der Waals surface area contributed by atoms with Crippen molar-refractivity contribution < 1.29 is 17.9 Å². The summed E-state index contributed by atoms with van der Waals surface area (Å²) in [5, 5.41) is 2.96. The van der Waals surface area contributed by atoms with Gasteiger partial charge in [0.25, 0.3) is 0 Å². The average molecular weight is 410 g/mol. The van der Waals surface area contributed by atoms with E-state index in [9.17, 15) is 13.2 Å². The summed E-state index contributed by atoms with van der Waals surface area (Å²) in [7, 11) is -3.48. The van der Waals surface area contributed by atoms with Gasteiger partial charge in [0.1, 0.15) is 0 Å². The zero-order chi connectivity index (χ0) is 20.0. The van der Waals surface area contributed by atoms with Crippen LogP contribution >= 0.6 is 0 Å². The van der Waals surface area contributed by atoms with Crippen molar-refractivity contribution in [2.24, 2.45) is 0 Å². The first-order valence-electron chi connectivity index (χ1n) is 10.2. The van der Waals surface area contributed by atoms with Crippen LogP contribution in [0.2, 0.25) is 0 Å². The van der Waals surface area contributed by atoms with Crippen molar-refractivity contribution in [1.29, 1.82) is 0 Å². The number of carbonyl (C=O) groups is 1. The van der Waals surface area contributed by atoms with E-state index >= 15 is 0 Å². The molecule has 2 aliphatic rings. The van der Waals surface area contributed by atoms with Crippen molar-refractivity contribution in [2.45, 2.75) is 50.1 Å². The van der Waals surface area contributed by atoms with Gasteiger partial charge >= 0.3 is 0 Å². The van der Waals surface area contributed by atoms with Crippen LogP contribution in [0.4, 0.5) is 0 Å². The summed E-state index contributed by atoms with van der Waals surface area (Å²) in [6.07, 6.45) is 4.65. The minimum atomic E-state index is -3.48. The molecule has 1 aromatic carbocycles. The van der Waals surface area contributed by atoms with Gasteiger partial charge in [-0.05, 0) is 43.5 Å². The molecule has 2 saturated heterocycles. The lowest BCUT2D eigenvalue weighted by atomic mass is 10.00. The van der Waals surface area contributed by atoms with Gasteiger partial charge in [0.15, 0.2) is 0 Å². The molecule has 2 aliphatic heterocycles. The van der Waals surface area contributed by atoms with Crippen LogP contribution in [0.1, 0.15) is 38.2 Å². The lowest BCUT2D eigenvalue weighted by Gasteiger charge is -2.34. The number of likely N-dealkylation sites (tertiary alicyclic amines) is 1. The van der Waals surface area contributed by atoms with Gasteiger partial charge in [0, 0.05) is 25.7 Å². The summed E-state index contributed by atoms with van der Waals surface area (Å²) in [5.74, 6) is 0.0189. The van der Waals surface area contributed by atoms with E-state index in [0.717, 1.165) is 24.9 Å². The summed E-state index contributed by atoms with van der Waals surface area (Å²) < 4.78 is 32.0. The Morgan fingerprint density at radius 3 is 2.54 bits per heavy atom. The molecule has 0 saturated carbocycles. The lowest BCUT2D eigenvalue weighted by molar-refractivity contribution is -0.123. The van der Waals surface area contributed by atoms with E-state index in [2.05, 4.69) is 17.1 Å². The highest BCUT2D eigenvalue weighted by molar-refractivity contribution is 7.89. The van der Waals surface area contributed by atoms with E-state index in [0.29, 0.717) is 45.4 Å². The number of nitrogens with one attached hydrogen (secondary N) is 1. The lowest BCUT2D eigenvalue weighted by Crippen LogP contribution is -2.45. The number of nitrogens with zero attached hydrogens (tertiary/aromatic N) is 2. The third-order valence-electron chi connectivity index (χ3n) is 5.59. The number of sulfonamides is 1. The molecule has 2 fully saturated rings. The van der Waals surface area contributed by atoms with Gasteiger partial charge in [0.2, 0.25) is 15.9 Å². The van der Waals surface area contributed by atoms with Crippen molar-refractivity contribution >= 4 is 15.9 Å². The molecule has 0 bridgehead atoms. The normalized spacial score (nSPS) is 22.1. The third-order valence-corrected chi connectivity index (χ3v) is 7.50. The molecule has 3 rings (SSSR count). The maximum atomic E-state index is 12.6. The van der Waals surface area contributed by atoms with Gasteiger partial charge in [0.05, 0.1) is 24.7 Å². The molecule has 2 heterocycles. The monoisotopic (exact) mass is 409 g/mol. The van der Waals surface area contributed by atoms with Gasteiger partial charge in [-0.1, -0.05) is 25.5 Å². The van der Waals surface area contributed by atoms with Crippen LogP contribution in [0.5, 0.6) is 0 Å². The van der Waals surface area contributed by atoms with E-state index in [1.54, 1.807) is 24.3 Å². The molecule has 0 aliphatic carbocycles. The highest BCUT2D eigenvalue weighted by atomic mass is 32.2. The van der Waals surface area contributed by atoms with E-state index in [-0.39, 0.29) is 10.8 Å². The molecule has 1 N–H and O–H groups in total. The molecule has 0 radical (unpaired) electrons. The predicted molar refractivity (Wildman–Crippen MR) is 107 cm³/mol. The van der Waals surface area contributed by atoms with E-state index < -0.39 is 10.0 Å². The number of morpholine rings is 1. The largest absolute Gasteiger partial charge is 0.379 e. The molecule has 156 valence electrons. The van der Waals surface area contributed by atoms with Crippen LogP contribution < -0.4 is 5.32 Å². The fraction of sp³-hybridized carbons (Fsp3) is 0.650. The van der Waals surface area contributed by atoms with Gasteiger partial charge in [-0.15, -0.1) is 0 Å². The summed E-state index contributed by atoms with van der Waals surface area (Å²) in [4.78, 5) is 14.9. The number of amides is 1. The molecule has 1 amide bonds. The maximum Gasteiger partial charge on any atom is 0.243 e. The first-order valence-corrected chi connectivity index (χ1v) is 11.6. The Kier molecular flexibility index (Phi) is 7.45. The van der Waals surface area contributed by atoms with Crippen molar-refractivity contribution in [3.8, 4) is 0 Å². The zero-order valence-corrected chi connectivity index (χ0v) is 17.4. The summed E-state index contributed by atoms with van der Waals surface area (Å²) in [5.41, 5.74) is 0.889. The topological polar surface area (TPSA) is 79.0 Å². The molecule has 1 unspecified atom stereocenters. The minimum Gasteiger partial charge on any atom is -0.379 e. The second-order valence-electron chi connectivity index (χ2n) is 7.47. The summed E-state index contributed by atoms with van der Waals surface area (Å²) in [6.45, 7) is 5.63. The molecule has 8 heteroatoms. The van der Waals surface area contributed by atoms with Gasteiger partial charge in [-0.2, -0.15) is 4.31 Å². The van der Waals surface area contributed by atoms with E-state index in [4.69, 9.17) is 4.74 Å². The first-order chi connectivity index (χ1) is 13.5. The van der Waals surface area contributed by atoms with Crippen LogP contribution in [-0.4, -0.2) is 69.0 Å². The van der Waals surface area contributed by atoms with Gasteiger partial charge < -0.3 is 10.1 Å². The molecular weight excluding hydrogens is 378 g/mol. The predicted octanol–water partition coefficient (Wildman–Crippen LogP) is 1.59. The third kappa shape index (κ3) is 5.31. The smallest absolute Gasteiger partial charge is 0.243 e. The van der Waals surface area contributed by atoms with Crippen molar-refractivity contribution in [1.82, 2.24) is 14.5 Å². The minimum absolute atomic E-state index is 0.0189. The van der Waals surface area contributed by atoms with Crippen LogP contribution in [0, 0.1) is 0 Å². The van der Waals surface area contributed by atoms with E-state index in [1.807, 2.05) is 0 Å². The number of hydrogen-bond acceptors (Lipinski definition) is 5. The van der Waals surface area contributed by atoms with E-state index in [1.165, 1.54) is 17.1 Å². The Hall–Kier alpha value is -1.48. The molecule has 0 aromatic heterocycles. The Labute approximate surface area is 168 Å². The number of hydrogen-bond donors (Lipinski definition) is 1. The highest BCUT2D eigenvalue weighted by Gasteiger charge is 2.26. The average Bonchev–Trinajstić information content (AvgIpc) is 2.73. The second-order valence-corrected chi connectivity index (χ2v) is 9.40. The molecule has 1 atom stereocenters. The van der Waals surface area contributed by atoms with Crippen molar-refractivity contribution in [2.75, 3.05) is 39.4 Å². The Balaban J connectivity index is 1.52. The highest BCUT2D eigenvalue weighted by Crippen LogP contribution is 2.19. The molecule has 0 spiro atoms. The standard InChI is InChI=1S/C20H31N3O4S/c1-2-18-5-3-4-10-22(18)16-20(24)21-15-17-6-8-19(9-7-17)28(25,26)23-11-13-27-14-12-23/h6-9,18H,2-5,10-16H2,1H3,(H,21,24). The fourth-order valence-corrected chi connectivity index (χ4v) is 5.29. The van der Waals surface area contributed by atoms with Crippen molar-refractivity contribution in [3.63, 3.8) is 0 Å². The molecule has 7 nitrogen and oxygen atoms in total. The molecule has 28 heavy (non-hydrogen) atoms. The van der Waals surface area contributed by atoms with Crippen LogP contribution in [0.15, 0.2) is 29.2 Å². The SMILES string of the molecule is CCC1CCCCN1CC(=O)NCc1ccc(S(=O)(=O)N2CCOCC2)cc1. The van der Waals surface area contributed by atoms with Crippen molar-refractivity contribution in [3.05, 3.63) is 29.8 Å². The zero-order valence-electron chi connectivity index (χ0n) is 16.6. The second kappa shape index (κ2) is 9.82. The first kappa shape index (κ1) is 21.2. The van der Waals surface area contributed by atoms with Crippen LogP contribution in [0.3, 0.4) is 0 Å². The fourth-order valence-electron chi connectivity index (χ4n) is 3.89. The number of rotatable bonds is 7. The molecule has 1 aromatic rings. The maximum absolute atomic E-state index is 12.6. The number of ether oxygens (including phenoxy) is 1.